The zero-order chi connectivity index (χ0) is 47.3. The average Bonchev–Trinajstić information content (AvgIpc) is 3.30. The molecule has 0 aliphatic carbocycles. The van der Waals surface area contributed by atoms with Crippen molar-refractivity contribution in [2.75, 3.05) is 33.0 Å². The zero-order valence-corrected chi connectivity index (χ0v) is 40.7. The first-order chi connectivity index (χ1) is 31.6. The van der Waals surface area contributed by atoms with E-state index in [1.54, 1.807) is 0 Å². The fourth-order valence-electron chi connectivity index (χ4n) is 8.46. The minimum atomic E-state index is -1.70. The van der Waals surface area contributed by atoms with Crippen LogP contribution < -0.4 is 0 Å². The van der Waals surface area contributed by atoms with Gasteiger partial charge in [0.2, 0.25) is 0 Å². The Morgan fingerprint density at radius 2 is 0.908 bits per heavy atom. The molecule has 0 radical (unpaired) electrons. The lowest BCUT2D eigenvalue weighted by Crippen LogP contribution is -2.61. The molecule has 11 unspecified atom stereocenters. The van der Waals surface area contributed by atoms with Gasteiger partial charge >= 0.3 is 5.97 Å². The second-order valence-corrected chi connectivity index (χ2v) is 18.7. The van der Waals surface area contributed by atoms with Crippen LogP contribution in [0.2, 0.25) is 0 Å². The van der Waals surface area contributed by atoms with E-state index in [1.165, 1.54) is 141 Å². The largest absolute Gasteiger partial charge is 0.457 e. The lowest BCUT2D eigenvalue weighted by Gasteiger charge is -2.42. The normalized spacial score (nSPS) is 26.5. The topological polar surface area (TPSA) is 214 Å². The fraction of sp³-hybridized carbons (Fsp3) is 0.941. The highest BCUT2D eigenvalue weighted by Gasteiger charge is 2.47. The minimum Gasteiger partial charge on any atom is -0.457 e. The van der Waals surface area contributed by atoms with Crippen molar-refractivity contribution in [1.82, 2.24) is 0 Å². The third-order valence-electron chi connectivity index (χ3n) is 12.8. The molecule has 2 fully saturated rings. The number of ether oxygens (including phenoxy) is 6. The van der Waals surface area contributed by atoms with Gasteiger partial charge in [-0.05, 0) is 38.5 Å². The number of aliphatic hydroxyl groups is 7. The van der Waals surface area contributed by atoms with Crippen LogP contribution in [0, 0.1) is 0 Å². The van der Waals surface area contributed by atoms with E-state index < -0.39 is 80.7 Å². The summed E-state index contributed by atoms with van der Waals surface area (Å²) in [6.45, 7) is 3.65. The Hall–Kier alpha value is -1.27. The Morgan fingerprint density at radius 3 is 1.40 bits per heavy atom. The van der Waals surface area contributed by atoms with E-state index >= 15 is 0 Å². The predicted octanol–water partition coefficient (Wildman–Crippen LogP) is 7.85. The molecular formula is C51H96O14. The predicted molar refractivity (Wildman–Crippen MR) is 252 cm³/mol. The Kier molecular flexibility index (Phi) is 36.4. The fourth-order valence-corrected chi connectivity index (χ4v) is 8.46. The van der Waals surface area contributed by atoms with E-state index in [2.05, 4.69) is 26.0 Å². The van der Waals surface area contributed by atoms with Gasteiger partial charge < -0.3 is 64.2 Å². The van der Waals surface area contributed by atoms with Crippen molar-refractivity contribution in [3.8, 4) is 0 Å². The van der Waals surface area contributed by atoms with Gasteiger partial charge in [-0.15, -0.1) is 0 Å². The molecule has 2 rings (SSSR count). The van der Waals surface area contributed by atoms with Gasteiger partial charge in [0.25, 0.3) is 0 Å². The molecular weight excluding hydrogens is 837 g/mol. The highest BCUT2D eigenvalue weighted by Crippen LogP contribution is 2.26. The molecule has 11 atom stereocenters. The summed E-state index contributed by atoms with van der Waals surface area (Å²) in [5, 5.41) is 71.9. The Balaban J connectivity index is 1.62. The molecule has 0 bridgehead atoms. The molecule has 0 aromatic carbocycles. The summed E-state index contributed by atoms with van der Waals surface area (Å²) in [4.78, 5) is 12.9. The zero-order valence-electron chi connectivity index (χ0n) is 40.7. The second-order valence-electron chi connectivity index (χ2n) is 18.7. The molecule has 0 aromatic heterocycles. The smallest absolute Gasteiger partial charge is 0.306 e. The maximum atomic E-state index is 12.9. The highest BCUT2D eigenvalue weighted by atomic mass is 16.7. The van der Waals surface area contributed by atoms with E-state index in [0.29, 0.717) is 13.0 Å². The van der Waals surface area contributed by atoms with Gasteiger partial charge in [-0.2, -0.15) is 0 Å². The van der Waals surface area contributed by atoms with Crippen LogP contribution in [0.3, 0.4) is 0 Å². The summed E-state index contributed by atoms with van der Waals surface area (Å²) in [7, 11) is 0. The highest BCUT2D eigenvalue weighted by molar-refractivity contribution is 5.69. The van der Waals surface area contributed by atoms with Gasteiger partial charge in [-0.3, -0.25) is 4.79 Å². The van der Waals surface area contributed by atoms with E-state index in [4.69, 9.17) is 28.4 Å². The molecule has 14 heteroatoms. The van der Waals surface area contributed by atoms with Crippen LogP contribution in [0.1, 0.15) is 206 Å². The standard InChI is InChI=1S/C51H96O14/c1-3-5-7-9-11-12-13-14-15-16-17-18-19-20-21-22-23-24-25-26-27-28-29-30-32-34-43(53)63-40(37-60-35-33-31-10-8-6-4-2)38-61-50-49(59)47(57)45(55)42(65-50)39-62-51-48(58)46(56)44(54)41(36-52)64-51/h16-17,40-42,44-52,54-59H,3-15,18-39H2,1-2H3/b17-16-. The number of hydrogen-bond donors (Lipinski definition) is 7. The monoisotopic (exact) mass is 933 g/mol. The summed E-state index contributed by atoms with van der Waals surface area (Å²) in [6, 6.07) is 0. The maximum absolute atomic E-state index is 12.9. The van der Waals surface area contributed by atoms with Gasteiger partial charge in [-0.25, -0.2) is 0 Å². The summed E-state index contributed by atoms with van der Waals surface area (Å²) in [5.74, 6) is -0.376. The molecule has 7 N–H and O–H groups in total. The molecule has 0 spiro atoms. The van der Waals surface area contributed by atoms with Crippen molar-refractivity contribution < 1.29 is 69.0 Å². The number of allylic oxidation sites excluding steroid dienone is 2. The third kappa shape index (κ3) is 27.5. The Labute approximate surface area is 393 Å². The van der Waals surface area contributed by atoms with Crippen molar-refractivity contribution >= 4 is 5.97 Å². The molecule has 14 nitrogen and oxygen atoms in total. The molecule has 65 heavy (non-hydrogen) atoms. The molecule has 0 amide bonds. The number of unbranched alkanes of at least 4 members (excludes halogenated alkanes) is 26. The van der Waals surface area contributed by atoms with Crippen molar-refractivity contribution in [3.63, 3.8) is 0 Å². The van der Waals surface area contributed by atoms with Crippen LogP contribution in [-0.2, 0) is 33.2 Å². The van der Waals surface area contributed by atoms with Crippen molar-refractivity contribution in [2.24, 2.45) is 0 Å². The van der Waals surface area contributed by atoms with Crippen molar-refractivity contribution in [1.29, 1.82) is 0 Å². The minimum absolute atomic E-state index is 0.0649. The third-order valence-corrected chi connectivity index (χ3v) is 12.8. The van der Waals surface area contributed by atoms with E-state index in [9.17, 15) is 40.5 Å². The molecule has 2 aliphatic rings. The molecule has 0 saturated carbocycles. The number of rotatable bonds is 42. The molecule has 2 heterocycles. The number of esters is 1. The van der Waals surface area contributed by atoms with Crippen LogP contribution in [0.4, 0.5) is 0 Å². The first-order valence-electron chi connectivity index (χ1n) is 26.3. The van der Waals surface area contributed by atoms with Crippen LogP contribution in [0.25, 0.3) is 0 Å². The molecule has 2 aliphatic heterocycles. The summed E-state index contributed by atoms with van der Waals surface area (Å²) >= 11 is 0. The quantitative estimate of drug-likeness (QED) is 0.0176. The lowest BCUT2D eigenvalue weighted by molar-refractivity contribution is -0.332. The van der Waals surface area contributed by atoms with Gasteiger partial charge in [0, 0.05) is 13.0 Å². The maximum Gasteiger partial charge on any atom is 0.306 e. The SMILES string of the molecule is CCCCCCCCCC/C=C\CCCCCCCCCCCCCCCC(=O)OC(COCCCCCCCC)COC1OC(COC2OC(CO)C(O)C(O)C2O)C(O)C(O)C1O. The number of aliphatic hydroxyl groups excluding tert-OH is 7. The Morgan fingerprint density at radius 1 is 0.492 bits per heavy atom. The number of hydrogen-bond acceptors (Lipinski definition) is 14. The van der Waals surface area contributed by atoms with E-state index in [0.717, 1.165) is 38.5 Å². The Bertz CT molecular complexity index is 1130. The summed E-state index contributed by atoms with van der Waals surface area (Å²) < 4.78 is 34.1. The van der Waals surface area contributed by atoms with Crippen molar-refractivity contribution in [3.05, 3.63) is 12.2 Å². The summed E-state index contributed by atoms with van der Waals surface area (Å²) in [6.07, 6.45) is 24.7. The number of carbonyl (C=O) groups is 1. The summed E-state index contributed by atoms with van der Waals surface area (Å²) in [5.41, 5.74) is 0. The van der Waals surface area contributed by atoms with Crippen LogP contribution in [0.15, 0.2) is 12.2 Å². The first kappa shape index (κ1) is 59.9. The number of carbonyl (C=O) groups excluding carboxylic acids is 1. The average molecular weight is 933 g/mol. The lowest BCUT2D eigenvalue weighted by atomic mass is 9.98. The molecule has 2 saturated heterocycles. The van der Waals surface area contributed by atoms with E-state index in [1.807, 2.05) is 0 Å². The van der Waals surface area contributed by atoms with Crippen LogP contribution in [-0.4, -0.2) is 142 Å². The van der Waals surface area contributed by atoms with Crippen LogP contribution in [0.5, 0.6) is 0 Å². The van der Waals surface area contributed by atoms with Gasteiger partial charge in [-0.1, -0.05) is 174 Å². The molecule has 0 aromatic rings. The van der Waals surface area contributed by atoms with Crippen molar-refractivity contribution in [2.45, 2.75) is 274 Å². The van der Waals surface area contributed by atoms with Gasteiger partial charge in [0.05, 0.1) is 26.4 Å². The van der Waals surface area contributed by atoms with E-state index in [-0.39, 0.29) is 25.6 Å². The van der Waals surface area contributed by atoms with Gasteiger partial charge in [0.15, 0.2) is 12.6 Å². The first-order valence-corrected chi connectivity index (χ1v) is 26.3. The van der Waals surface area contributed by atoms with Gasteiger partial charge in [0.1, 0.15) is 54.9 Å². The second kappa shape index (κ2) is 39.6. The van der Waals surface area contributed by atoms with Crippen LogP contribution >= 0.6 is 0 Å². The molecule has 384 valence electrons.